The molecule has 2 saturated heterocycles. The summed E-state index contributed by atoms with van der Waals surface area (Å²) in [6, 6.07) is 24.1. The minimum atomic E-state index is -4.74. The molecule has 22 heteroatoms. The maximum absolute atomic E-state index is 14.8. The Bertz CT molecular complexity index is 2700. The minimum Gasteiger partial charge on any atom is -0.497 e. The van der Waals surface area contributed by atoms with E-state index < -0.39 is 94.1 Å². The number of aryl methyl sites for hydroxylation is 1. The highest BCUT2D eigenvalue weighted by Gasteiger charge is 2.61. The summed E-state index contributed by atoms with van der Waals surface area (Å²) in [6.45, 7) is 11.2. The molecule has 365 valence electrons. The second kappa shape index (κ2) is 20.5. The fraction of sp³-hybridized carbons (Fsp3) is 0.435. The van der Waals surface area contributed by atoms with Crippen molar-refractivity contribution in [1.82, 2.24) is 19.1 Å². The third-order valence-corrected chi connectivity index (χ3v) is 18.6. The first-order chi connectivity index (χ1) is 32.2. The van der Waals surface area contributed by atoms with Gasteiger partial charge in [0, 0.05) is 35.1 Å². The van der Waals surface area contributed by atoms with Gasteiger partial charge < -0.3 is 33.8 Å². The molecule has 5 aromatic rings. The summed E-state index contributed by atoms with van der Waals surface area (Å²) in [5, 5.41) is -0.227. The van der Waals surface area contributed by atoms with E-state index in [1.54, 1.807) is 21.1 Å². The van der Waals surface area contributed by atoms with Crippen LogP contribution in [0.3, 0.4) is 0 Å². The number of aromatic nitrogens is 4. The highest BCUT2D eigenvalue weighted by atomic mass is 31.2. The molecule has 7 N–H and O–H groups in total. The van der Waals surface area contributed by atoms with E-state index in [1.807, 2.05) is 78.9 Å². The Labute approximate surface area is 393 Å². The van der Waals surface area contributed by atoms with E-state index in [1.165, 1.54) is 17.0 Å². The summed E-state index contributed by atoms with van der Waals surface area (Å²) >= 11 is 0. The molecule has 7 rings (SSSR count). The van der Waals surface area contributed by atoms with Crippen LogP contribution < -0.4 is 43.6 Å². The van der Waals surface area contributed by atoms with E-state index in [4.69, 9.17) is 47.5 Å². The SMILES string of the molecule is COc1ccc(C(OC[C@H]2O[C@@H](n3ccc(=O)[nH]c3=O)[C@H](N)[C@@H]2O[P+]([O])(O[NH3+])OC[C@H]2O[C@@H](n3cc(C)c(=O)[nH]c3=O)C[C@@H]2O[Si](C)(C)C(C)(C)C)(c2ccccc2)c2ccc(OC)cc2)cc1. The van der Waals surface area contributed by atoms with Crippen molar-refractivity contribution in [3.8, 4) is 11.5 Å². The van der Waals surface area contributed by atoms with E-state index in [9.17, 15) is 24.1 Å². The van der Waals surface area contributed by atoms with Crippen molar-refractivity contribution in [1.29, 1.82) is 0 Å². The molecule has 2 fully saturated rings. The summed E-state index contributed by atoms with van der Waals surface area (Å²) < 4.78 is 57.7. The van der Waals surface area contributed by atoms with Crippen molar-refractivity contribution in [2.75, 3.05) is 27.4 Å². The van der Waals surface area contributed by atoms with Crippen molar-refractivity contribution in [3.05, 3.63) is 161 Å². The van der Waals surface area contributed by atoms with E-state index in [2.05, 4.69) is 49.7 Å². The van der Waals surface area contributed by atoms with Crippen molar-refractivity contribution in [3.63, 3.8) is 0 Å². The lowest BCUT2D eigenvalue weighted by molar-refractivity contribution is -0.647. The lowest BCUT2D eigenvalue weighted by Crippen LogP contribution is -2.51. The number of methoxy groups -OCH3 is 2. The molecular formula is C46H60N6O14PSi+2. The van der Waals surface area contributed by atoms with E-state index in [0.717, 1.165) is 16.2 Å². The van der Waals surface area contributed by atoms with Gasteiger partial charge in [-0.05, 0) is 66.0 Å². The van der Waals surface area contributed by atoms with Gasteiger partial charge in [0.25, 0.3) is 11.1 Å². The topological polar surface area (TPSA) is 266 Å². The predicted octanol–water partition coefficient (Wildman–Crippen LogP) is 4.01. The highest BCUT2D eigenvalue weighted by molar-refractivity contribution is 7.55. The molecule has 68 heavy (non-hydrogen) atoms. The average Bonchev–Trinajstić information content (AvgIpc) is 3.85. The first kappa shape index (κ1) is 50.7. The average molecular weight is 980 g/mol. The molecule has 4 heterocycles. The van der Waals surface area contributed by atoms with E-state index in [-0.39, 0.29) is 18.1 Å². The summed E-state index contributed by atoms with van der Waals surface area (Å²) in [5.41, 5.74) is 5.28. The molecule has 0 spiro atoms. The number of rotatable bonds is 18. The van der Waals surface area contributed by atoms with Gasteiger partial charge in [-0.1, -0.05) is 75.4 Å². The Hall–Kier alpha value is -5.13. The minimum absolute atomic E-state index is 0.185. The summed E-state index contributed by atoms with van der Waals surface area (Å²) in [7, 11) is -4.10. The Morgan fingerprint density at radius 3 is 1.96 bits per heavy atom. The summed E-state index contributed by atoms with van der Waals surface area (Å²) in [5.74, 6) is 4.67. The molecule has 0 amide bonds. The lowest BCUT2D eigenvalue weighted by Gasteiger charge is -2.39. The number of hydrogen-bond donors (Lipinski definition) is 4. The van der Waals surface area contributed by atoms with Gasteiger partial charge in [0.05, 0.1) is 37.9 Å². The molecule has 0 bridgehead atoms. The third-order valence-electron chi connectivity index (χ3n) is 12.8. The van der Waals surface area contributed by atoms with E-state index in [0.29, 0.717) is 28.2 Å². The number of H-pyrrole nitrogens is 2. The zero-order valence-electron chi connectivity index (χ0n) is 39.2. The van der Waals surface area contributed by atoms with Crippen LogP contribution in [-0.2, 0) is 42.8 Å². The fourth-order valence-electron chi connectivity index (χ4n) is 8.10. The van der Waals surface area contributed by atoms with Crippen molar-refractivity contribution < 1.29 is 52.6 Å². The molecule has 2 aromatic heterocycles. The molecule has 1 unspecified atom stereocenters. The van der Waals surface area contributed by atoms with Crippen LogP contribution in [0.15, 0.2) is 117 Å². The molecule has 20 nitrogen and oxygen atoms in total. The van der Waals surface area contributed by atoms with E-state index >= 15 is 0 Å². The predicted molar refractivity (Wildman–Crippen MR) is 251 cm³/mol. The standard InChI is InChI=1S/C46H59N6O14PSi/c1-28-25-52(44(56)50-41(28)54)38-24-34(65-68(7,8)45(2,3)4)35(62-38)27-61-67(57,66-48)64-40-36(63-42(39(40)47)51-23-22-37(53)49-43(51)55)26-60-46(29-12-10-9-11-13-29,30-14-18-32(58-5)19-15-30)31-16-20-33(59-6)21-17-31/h9-23,25,34-36,38-40,42H,24,26-27,47H2,1-8,48H3,(H-,49,50,53,54,55,56)/q+1/p+1/t34-,35+,36+,38+,39+,40+,42+,67?/m0/s1. The van der Waals surface area contributed by atoms with Crippen LogP contribution in [0.4, 0.5) is 0 Å². The number of hydrogen-bond acceptors (Lipinski definition) is 14. The van der Waals surface area contributed by atoms with Crippen molar-refractivity contribution in [2.45, 2.75) is 101 Å². The first-order valence-corrected chi connectivity index (χ1v) is 26.3. The molecular weight excluding hydrogens is 920 g/mol. The first-order valence-electron chi connectivity index (χ1n) is 22.0. The van der Waals surface area contributed by atoms with Crippen LogP contribution in [0.25, 0.3) is 0 Å². The smallest absolute Gasteiger partial charge is 0.497 e. The van der Waals surface area contributed by atoms with Crippen LogP contribution in [0.1, 0.15) is 61.9 Å². The lowest BCUT2D eigenvalue weighted by atomic mass is 9.80. The summed E-state index contributed by atoms with van der Waals surface area (Å²) in [4.78, 5) is 69.9. The second-order valence-electron chi connectivity index (χ2n) is 18.2. The van der Waals surface area contributed by atoms with Gasteiger partial charge in [0.15, 0.2) is 20.6 Å². The van der Waals surface area contributed by atoms with Crippen LogP contribution in [0.2, 0.25) is 18.1 Å². The van der Waals surface area contributed by atoms with Gasteiger partial charge in [-0.25, -0.2) is 9.59 Å². The number of nitrogens with two attached hydrogens (primary N) is 1. The van der Waals surface area contributed by atoms with Crippen LogP contribution in [0, 0.1) is 6.92 Å². The van der Waals surface area contributed by atoms with Gasteiger partial charge in [0.1, 0.15) is 42.1 Å². The fourth-order valence-corrected chi connectivity index (χ4v) is 10.6. The number of quaternary nitrogens is 1. The van der Waals surface area contributed by atoms with Crippen molar-refractivity contribution in [2.24, 2.45) is 5.73 Å². The normalized spacial score (nSPS) is 23.1. The van der Waals surface area contributed by atoms with Crippen molar-refractivity contribution >= 4 is 16.5 Å². The Kier molecular flexibility index (Phi) is 15.3. The quantitative estimate of drug-likeness (QED) is 0.0419. The van der Waals surface area contributed by atoms with Gasteiger partial charge in [-0.2, -0.15) is 5.90 Å². The third kappa shape index (κ3) is 10.5. The largest absolute Gasteiger partial charge is 0.666 e. The molecule has 0 saturated carbocycles. The van der Waals surface area contributed by atoms with Crippen LogP contribution in [0.5, 0.6) is 11.5 Å². The van der Waals surface area contributed by atoms with Crippen LogP contribution in [-0.4, -0.2) is 85.3 Å². The van der Waals surface area contributed by atoms with Gasteiger partial charge in [-0.3, -0.25) is 28.7 Å². The maximum Gasteiger partial charge on any atom is 0.666 e. The maximum atomic E-state index is 14.8. The van der Waals surface area contributed by atoms with Gasteiger partial charge in [0.2, 0.25) is 0 Å². The monoisotopic (exact) mass is 979 g/mol. The Balaban J connectivity index is 1.24. The Morgan fingerprint density at radius 2 is 1.40 bits per heavy atom. The van der Waals surface area contributed by atoms with Gasteiger partial charge >= 0.3 is 19.5 Å². The number of nitrogens with zero attached hydrogens (tertiary/aromatic N) is 2. The molecule has 2 aliphatic heterocycles. The van der Waals surface area contributed by atoms with Crippen LogP contribution >= 0.6 is 8.17 Å². The number of aromatic amines is 2. The Morgan fingerprint density at radius 1 is 0.809 bits per heavy atom. The highest BCUT2D eigenvalue weighted by Crippen LogP contribution is 2.60. The number of benzene rings is 3. The summed E-state index contributed by atoms with van der Waals surface area (Å²) in [6.07, 6.45) is -3.53. The number of nitrogens with one attached hydrogen (secondary N) is 2. The molecule has 3 aromatic carbocycles. The number of ether oxygens (including phenoxy) is 5. The molecule has 0 aliphatic carbocycles. The zero-order valence-corrected chi connectivity index (χ0v) is 41.1. The second-order valence-corrected chi connectivity index (χ2v) is 24.6. The molecule has 1 radical (unpaired) electrons. The molecule has 2 aliphatic rings. The van der Waals surface area contributed by atoms with Gasteiger partial charge in [-0.15, -0.1) is 9.05 Å². The molecule has 8 atom stereocenters. The zero-order chi connectivity index (χ0) is 49.2.